The molecule has 22 heavy (non-hydrogen) atoms. The molecule has 0 radical (unpaired) electrons. The lowest BCUT2D eigenvalue weighted by molar-refractivity contribution is 0.471. The van der Waals surface area contributed by atoms with Gasteiger partial charge >= 0.3 is 0 Å². The third-order valence-corrected chi connectivity index (χ3v) is 3.90. The van der Waals surface area contributed by atoms with Gasteiger partial charge in [-0.15, -0.1) is 24.8 Å². The molecule has 1 aromatic carbocycles. The molecule has 3 heterocycles. The molecule has 3 nitrogen and oxygen atoms in total. The summed E-state index contributed by atoms with van der Waals surface area (Å²) in [6, 6.07) is 14.8. The van der Waals surface area contributed by atoms with Crippen molar-refractivity contribution in [3.63, 3.8) is 0 Å². The van der Waals surface area contributed by atoms with Crippen molar-refractivity contribution in [1.82, 2.24) is 10.3 Å². The van der Waals surface area contributed by atoms with Crippen molar-refractivity contribution in [2.75, 3.05) is 6.54 Å². The van der Waals surface area contributed by atoms with E-state index in [1.54, 1.807) is 0 Å². The maximum atomic E-state index is 5.99. The van der Waals surface area contributed by atoms with Crippen LogP contribution in [-0.2, 0) is 0 Å². The number of nitrogens with zero attached hydrogens (tertiary/aromatic N) is 1. The van der Waals surface area contributed by atoms with Crippen molar-refractivity contribution in [3.8, 4) is 11.1 Å². The Morgan fingerprint density at radius 1 is 1.05 bits per heavy atom. The largest absolute Gasteiger partial charge is 0.458 e. The first-order chi connectivity index (χ1) is 9.90. The summed E-state index contributed by atoms with van der Waals surface area (Å²) >= 11 is 0. The van der Waals surface area contributed by atoms with Crippen molar-refractivity contribution in [3.05, 3.63) is 54.4 Å². The number of halogens is 2. The summed E-state index contributed by atoms with van der Waals surface area (Å²) in [7, 11) is 0. The number of hydrogen-bond acceptors (Lipinski definition) is 3. The molecule has 2 aromatic heterocycles. The minimum absolute atomic E-state index is 0. The Hall–Kier alpha value is -1.55. The maximum Gasteiger partial charge on any atom is 0.153 e. The Kier molecular flexibility index (Phi) is 5.46. The summed E-state index contributed by atoms with van der Waals surface area (Å²) in [5.41, 5.74) is 4.07. The van der Waals surface area contributed by atoms with E-state index in [0.717, 1.165) is 35.4 Å². The molecule has 0 aliphatic carbocycles. The van der Waals surface area contributed by atoms with Crippen LogP contribution in [0.4, 0.5) is 0 Å². The van der Waals surface area contributed by atoms with Crippen LogP contribution in [0.15, 0.2) is 53.1 Å². The molecular weight excluding hydrogens is 319 g/mol. The number of nitrogens with one attached hydrogen (secondary N) is 1. The Labute approximate surface area is 141 Å². The Morgan fingerprint density at radius 3 is 2.59 bits per heavy atom. The van der Waals surface area contributed by atoms with Gasteiger partial charge in [-0.1, -0.05) is 30.3 Å². The summed E-state index contributed by atoms with van der Waals surface area (Å²) < 4.78 is 5.99. The van der Waals surface area contributed by atoms with Crippen LogP contribution in [0.5, 0.6) is 0 Å². The third kappa shape index (κ3) is 3.12. The summed E-state index contributed by atoms with van der Waals surface area (Å²) in [5, 5.41) is 3.46. The van der Waals surface area contributed by atoms with Crippen LogP contribution in [-0.4, -0.2) is 11.5 Å². The molecular formula is C17H18Cl2N2O. The highest BCUT2D eigenvalue weighted by Crippen LogP contribution is 2.30. The van der Waals surface area contributed by atoms with Crippen molar-refractivity contribution >= 4 is 35.9 Å². The molecule has 3 aromatic rings. The zero-order chi connectivity index (χ0) is 13.4. The van der Waals surface area contributed by atoms with Crippen LogP contribution in [0, 0.1) is 0 Å². The molecule has 1 saturated heterocycles. The fourth-order valence-electron chi connectivity index (χ4n) is 2.82. The first-order valence-corrected chi connectivity index (χ1v) is 7.08. The lowest BCUT2D eigenvalue weighted by atomic mass is 10.1. The van der Waals surface area contributed by atoms with Crippen LogP contribution in [0.3, 0.4) is 0 Å². The molecule has 1 N–H and O–H groups in total. The van der Waals surface area contributed by atoms with E-state index < -0.39 is 0 Å². The standard InChI is InChI=1S/C17H16N2O.2ClH/c1-2-5-12(6-3-1)13-9-16-15(19-11-13)10-17(20-16)14-7-4-8-18-14;;/h1-3,5-6,9-11,14,18H,4,7-8H2;2*1H/t14-;;/m0../s1. The van der Waals surface area contributed by atoms with E-state index in [2.05, 4.69) is 34.6 Å². The molecule has 1 atom stereocenters. The molecule has 0 unspecified atom stereocenters. The van der Waals surface area contributed by atoms with Crippen molar-refractivity contribution in [2.24, 2.45) is 0 Å². The molecule has 1 aliphatic heterocycles. The molecule has 0 bridgehead atoms. The van der Waals surface area contributed by atoms with E-state index in [0.29, 0.717) is 6.04 Å². The molecule has 116 valence electrons. The molecule has 1 fully saturated rings. The molecule has 1 aliphatic rings. The normalized spacial score (nSPS) is 17.0. The highest BCUT2D eigenvalue weighted by Gasteiger charge is 2.20. The van der Waals surface area contributed by atoms with Gasteiger partial charge in [0, 0.05) is 17.8 Å². The Balaban J connectivity index is 0.000000882. The first kappa shape index (κ1) is 16.8. The zero-order valence-electron chi connectivity index (χ0n) is 12.0. The predicted molar refractivity (Wildman–Crippen MR) is 93.9 cm³/mol. The van der Waals surface area contributed by atoms with Crippen LogP contribution in [0.2, 0.25) is 0 Å². The Bertz CT molecular complexity index is 737. The fraction of sp³-hybridized carbons (Fsp3) is 0.235. The van der Waals surface area contributed by atoms with Gasteiger partial charge in [0.05, 0.1) is 6.04 Å². The van der Waals surface area contributed by atoms with Crippen molar-refractivity contribution in [1.29, 1.82) is 0 Å². The van der Waals surface area contributed by atoms with Crippen LogP contribution >= 0.6 is 24.8 Å². The average molecular weight is 337 g/mol. The zero-order valence-corrected chi connectivity index (χ0v) is 13.6. The first-order valence-electron chi connectivity index (χ1n) is 7.08. The highest BCUT2D eigenvalue weighted by atomic mass is 35.5. The number of rotatable bonds is 2. The van der Waals surface area contributed by atoms with E-state index in [1.807, 2.05) is 24.4 Å². The summed E-state index contributed by atoms with van der Waals surface area (Å²) in [6.45, 7) is 1.07. The summed E-state index contributed by atoms with van der Waals surface area (Å²) in [4.78, 5) is 4.53. The molecule has 0 amide bonds. The minimum atomic E-state index is 0. The number of fused-ring (bicyclic) bond motifs is 1. The molecule has 4 rings (SSSR count). The molecule has 0 spiro atoms. The minimum Gasteiger partial charge on any atom is -0.458 e. The quantitative estimate of drug-likeness (QED) is 0.732. The smallest absolute Gasteiger partial charge is 0.153 e. The molecule has 5 heteroatoms. The van der Waals surface area contributed by atoms with Crippen LogP contribution < -0.4 is 5.32 Å². The number of furan rings is 1. The SMILES string of the molecule is Cl.Cl.c1ccc(-c2cnc3cc([C@@H]4CCCN4)oc3c2)cc1. The average Bonchev–Trinajstić information content (AvgIpc) is 3.16. The van der Waals surface area contributed by atoms with E-state index in [-0.39, 0.29) is 24.8 Å². The van der Waals surface area contributed by atoms with Gasteiger partial charge in [0.25, 0.3) is 0 Å². The van der Waals surface area contributed by atoms with E-state index in [4.69, 9.17) is 4.42 Å². The van der Waals surface area contributed by atoms with Gasteiger partial charge in [-0.25, -0.2) is 0 Å². The van der Waals surface area contributed by atoms with Gasteiger partial charge in [0.15, 0.2) is 5.58 Å². The van der Waals surface area contributed by atoms with Gasteiger partial charge in [-0.2, -0.15) is 0 Å². The number of benzene rings is 1. The number of pyridine rings is 1. The van der Waals surface area contributed by atoms with Crippen LogP contribution in [0.1, 0.15) is 24.6 Å². The summed E-state index contributed by atoms with van der Waals surface area (Å²) in [5.74, 6) is 1.01. The van der Waals surface area contributed by atoms with Crippen molar-refractivity contribution in [2.45, 2.75) is 18.9 Å². The van der Waals surface area contributed by atoms with Crippen LogP contribution in [0.25, 0.3) is 22.2 Å². The Morgan fingerprint density at radius 2 is 1.86 bits per heavy atom. The highest BCUT2D eigenvalue weighted by molar-refractivity contribution is 5.85. The lowest BCUT2D eigenvalue weighted by Gasteiger charge is -2.04. The summed E-state index contributed by atoms with van der Waals surface area (Å²) in [6.07, 6.45) is 4.27. The lowest BCUT2D eigenvalue weighted by Crippen LogP contribution is -2.11. The van der Waals surface area contributed by atoms with Gasteiger partial charge < -0.3 is 9.73 Å². The fourth-order valence-corrected chi connectivity index (χ4v) is 2.82. The van der Waals surface area contributed by atoms with E-state index in [1.165, 1.54) is 12.0 Å². The monoisotopic (exact) mass is 336 g/mol. The van der Waals surface area contributed by atoms with E-state index in [9.17, 15) is 0 Å². The second kappa shape index (κ2) is 7.14. The van der Waals surface area contributed by atoms with Crippen molar-refractivity contribution < 1.29 is 4.42 Å². The topological polar surface area (TPSA) is 38.1 Å². The number of aromatic nitrogens is 1. The second-order valence-electron chi connectivity index (χ2n) is 5.27. The maximum absolute atomic E-state index is 5.99. The second-order valence-corrected chi connectivity index (χ2v) is 5.27. The molecule has 0 saturated carbocycles. The predicted octanol–water partition coefficient (Wildman–Crippen LogP) is 4.76. The van der Waals surface area contributed by atoms with Gasteiger partial charge in [0.2, 0.25) is 0 Å². The van der Waals surface area contributed by atoms with Gasteiger partial charge in [-0.05, 0) is 31.0 Å². The van der Waals surface area contributed by atoms with Gasteiger partial charge in [-0.3, -0.25) is 4.98 Å². The van der Waals surface area contributed by atoms with Gasteiger partial charge in [0.1, 0.15) is 11.3 Å². The number of hydrogen-bond donors (Lipinski definition) is 1. The van der Waals surface area contributed by atoms with E-state index >= 15 is 0 Å². The third-order valence-electron chi connectivity index (χ3n) is 3.90.